The summed E-state index contributed by atoms with van der Waals surface area (Å²) >= 11 is 0. The molecule has 0 bridgehead atoms. The van der Waals surface area contributed by atoms with Crippen LogP contribution in [0.4, 0.5) is 8.78 Å². The predicted molar refractivity (Wildman–Crippen MR) is 60.1 cm³/mol. The van der Waals surface area contributed by atoms with E-state index in [1.807, 2.05) is 20.8 Å². The molecule has 0 aliphatic rings. The van der Waals surface area contributed by atoms with E-state index >= 15 is 0 Å². The normalized spacial score (nSPS) is 15.2. The van der Waals surface area contributed by atoms with Gasteiger partial charge in [-0.1, -0.05) is 20.8 Å². The van der Waals surface area contributed by atoms with Crippen LogP contribution in [-0.2, 0) is 6.42 Å². The Morgan fingerprint density at radius 2 is 1.56 bits per heavy atom. The number of aliphatic hydroxyl groups excluding tert-OH is 1. The quantitative estimate of drug-likeness (QED) is 0.839. The number of aliphatic hydroxyl groups is 1. The van der Waals surface area contributed by atoms with Crippen molar-refractivity contribution >= 4 is 0 Å². The largest absolute Gasteiger partial charge is 0.392 e. The minimum Gasteiger partial charge on any atom is -0.392 e. The molecule has 1 nitrogen and oxygen atoms in total. The van der Waals surface area contributed by atoms with Crippen LogP contribution in [-0.4, -0.2) is 11.2 Å². The number of hydrogen-bond acceptors (Lipinski definition) is 1. The van der Waals surface area contributed by atoms with Crippen molar-refractivity contribution in [1.82, 2.24) is 0 Å². The molecule has 0 fully saturated rings. The third kappa shape index (κ3) is 3.56. The maximum Gasteiger partial charge on any atom is 0.126 e. The van der Waals surface area contributed by atoms with E-state index in [4.69, 9.17) is 0 Å². The van der Waals surface area contributed by atoms with Crippen molar-refractivity contribution < 1.29 is 13.9 Å². The summed E-state index contributed by atoms with van der Waals surface area (Å²) in [6, 6.07) is 3.36. The standard InChI is InChI=1S/C13H18F2O/c1-8(2)9(3)13(16)6-10-4-11(14)7-12(15)5-10/h4-5,7-9,13,16H,6H2,1-3H3. The lowest BCUT2D eigenvalue weighted by molar-refractivity contribution is 0.0920. The summed E-state index contributed by atoms with van der Waals surface area (Å²) in [7, 11) is 0. The minimum absolute atomic E-state index is 0.103. The molecule has 2 atom stereocenters. The fourth-order valence-electron chi connectivity index (χ4n) is 1.60. The second-order valence-electron chi connectivity index (χ2n) is 4.65. The van der Waals surface area contributed by atoms with E-state index in [0.717, 1.165) is 6.07 Å². The highest BCUT2D eigenvalue weighted by Gasteiger charge is 2.18. The second kappa shape index (κ2) is 5.39. The number of hydrogen-bond donors (Lipinski definition) is 1. The van der Waals surface area contributed by atoms with Gasteiger partial charge in [0.1, 0.15) is 11.6 Å². The zero-order valence-electron chi connectivity index (χ0n) is 9.87. The molecule has 0 amide bonds. The van der Waals surface area contributed by atoms with Gasteiger partial charge >= 0.3 is 0 Å². The lowest BCUT2D eigenvalue weighted by Crippen LogP contribution is -2.24. The van der Waals surface area contributed by atoms with E-state index in [1.165, 1.54) is 12.1 Å². The van der Waals surface area contributed by atoms with Crippen LogP contribution >= 0.6 is 0 Å². The van der Waals surface area contributed by atoms with Crippen molar-refractivity contribution in [3.63, 3.8) is 0 Å². The van der Waals surface area contributed by atoms with Gasteiger partial charge in [-0.25, -0.2) is 8.78 Å². The van der Waals surface area contributed by atoms with Crippen LogP contribution in [0.1, 0.15) is 26.3 Å². The molecule has 0 saturated heterocycles. The van der Waals surface area contributed by atoms with Crippen LogP contribution < -0.4 is 0 Å². The summed E-state index contributed by atoms with van der Waals surface area (Å²) in [6.45, 7) is 5.96. The van der Waals surface area contributed by atoms with Crippen molar-refractivity contribution in [2.45, 2.75) is 33.3 Å². The summed E-state index contributed by atoms with van der Waals surface area (Å²) in [5.41, 5.74) is 0.498. The molecule has 2 unspecified atom stereocenters. The average Bonchev–Trinajstić information content (AvgIpc) is 2.14. The maximum atomic E-state index is 12.9. The summed E-state index contributed by atoms with van der Waals surface area (Å²) in [6.07, 6.45) is -0.283. The summed E-state index contributed by atoms with van der Waals surface area (Å²) < 4.78 is 25.8. The zero-order chi connectivity index (χ0) is 12.3. The molecular formula is C13H18F2O. The molecule has 1 aromatic rings. The second-order valence-corrected chi connectivity index (χ2v) is 4.65. The first kappa shape index (κ1) is 13.1. The number of halogens is 2. The van der Waals surface area contributed by atoms with Gasteiger partial charge in [0.15, 0.2) is 0 Å². The van der Waals surface area contributed by atoms with Crippen molar-refractivity contribution in [2.75, 3.05) is 0 Å². The molecule has 0 radical (unpaired) electrons. The summed E-state index contributed by atoms with van der Waals surface area (Å²) in [4.78, 5) is 0. The van der Waals surface area contributed by atoms with Gasteiger partial charge in [0, 0.05) is 6.07 Å². The smallest absolute Gasteiger partial charge is 0.126 e. The van der Waals surface area contributed by atoms with Crippen LogP contribution in [0.2, 0.25) is 0 Å². The Hall–Kier alpha value is -0.960. The van der Waals surface area contributed by atoms with Gasteiger partial charge in [-0.05, 0) is 36.0 Å². The molecule has 16 heavy (non-hydrogen) atoms. The van der Waals surface area contributed by atoms with E-state index in [0.29, 0.717) is 11.5 Å². The molecular weight excluding hydrogens is 210 g/mol. The summed E-state index contributed by atoms with van der Waals surface area (Å²) in [5.74, 6) is -0.751. The topological polar surface area (TPSA) is 20.2 Å². The van der Waals surface area contributed by atoms with E-state index in [1.54, 1.807) is 0 Å². The molecule has 0 aliphatic carbocycles. The van der Waals surface area contributed by atoms with Crippen molar-refractivity contribution in [2.24, 2.45) is 11.8 Å². The van der Waals surface area contributed by atoms with Crippen LogP contribution in [0.3, 0.4) is 0 Å². The monoisotopic (exact) mass is 228 g/mol. The highest BCUT2D eigenvalue weighted by atomic mass is 19.1. The molecule has 0 spiro atoms. The van der Waals surface area contributed by atoms with Crippen LogP contribution in [0, 0.1) is 23.5 Å². The van der Waals surface area contributed by atoms with E-state index < -0.39 is 17.7 Å². The fraction of sp³-hybridized carbons (Fsp3) is 0.538. The molecule has 0 saturated carbocycles. The van der Waals surface area contributed by atoms with E-state index in [-0.39, 0.29) is 12.3 Å². The molecule has 90 valence electrons. The van der Waals surface area contributed by atoms with Gasteiger partial charge in [-0.15, -0.1) is 0 Å². The Morgan fingerprint density at radius 3 is 2.00 bits per heavy atom. The molecule has 1 N–H and O–H groups in total. The minimum atomic E-state index is -0.598. The number of rotatable bonds is 4. The first-order valence-corrected chi connectivity index (χ1v) is 5.53. The molecule has 3 heteroatoms. The Morgan fingerprint density at radius 1 is 1.06 bits per heavy atom. The first-order chi connectivity index (χ1) is 7.40. The van der Waals surface area contributed by atoms with Crippen molar-refractivity contribution in [3.05, 3.63) is 35.4 Å². The van der Waals surface area contributed by atoms with Crippen LogP contribution in [0.25, 0.3) is 0 Å². The van der Waals surface area contributed by atoms with Gasteiger partial charge in [0.2, 0.25) is 0 Å². The van der Waals surface area contributed by atoms with E-state index in [9.17, 15) is 13.9 Å². The number of benzene rings is 1. The molecule has 0 heterocycles. The van der Waals surface area contributed by atoms with Gasteiger partial charge in [-0.3, -0.25) is 0 Å². The van der Waals surface area contributed by atoms with Crippen LogP contribution in [0.15, 0.2) is 18.2 Å². The van der Waals surface area contributed by atoms with Gasteiger partial charge in [0.05, 0.1) is 6.10 Å². The Bertz CT molecular complexity index is 330. The lowest BCUT2D eigenvalue weighted by Gasteiger charge is -2.22. The SMILES string of the molecule is CC(C)C(C)C(O)Cc1cc(F)cc(F)c1. The lowest BCUT2D eigenvalue weighted by atomic mass is 9.89. The summed E-state index contributed by atoms with van der Waals surface area (Å²) in [5, 5.41) is 9.88. The highest BCUT2D eigenvalue weighted by Crippen LogP contribution is 2.19. The molecule has 1 aromatic carbocycles. The highest BCUT2D eigenvalue weighted by molar-refractivity contribution is 5.18. The molecule has 0 aromatic heterocycles. The van der Waals surface area contributed by atoms with Gasteiger partial charge in [-0.2, -0.15) is 0 Å². The average molecular weight is 228 g/mol. The fourth-order valence-corrected chi connectivity index (χ4v) is 1.60. The van der Waals surface area contributed by atoms with Gasteiger partial charge < -0.3 is 5.11 Å². The van der Waals surface area contributed by atoms with Crippen molar-refractivity contribution in [3.8, 4) is 0 Å². The van der Waals surface area contributed by atoms with Gasteiger partial charge in [0.25, 0.3) is 0 Å². The Kier molecular flexibility index (Phi) is 4.42. The molecule has 1 rings (SSSR count). The third-order valence-corrected chi connectivity index (χ3v) is 3.03. The Balaban J connectivity index is 2.72. The van der Waals surface area contributed by atoms with Crippen molar-refractivity contribution in [1.29, 1.82) is 0 Å². The third-order valence-electron chi connectivity index (χ3n) is 3.03. The van der Waals surface area contributed by atoms with Crippen LogP contribution in [0.5, 0.6) is 0 Å². The Labute approximate surface area is 95.1 Å². The van der Waals surface area contributed by atoms with E-state index in [2.05, 4.69) is 0 Å². The maximum absolute atomic E-state index is 12.9. The zero-order valence-corrected chi connectivity index (χ0v) is 9.87. The first-order valence-electron chi connectivity index (χ1n) is 5.53. The molecule has 0 aliphatic heterocycles. The predicted octanol–water partition coefficient (Wildman–Crippen LogP) is 3.16.